The standard InChI is InChI=1S/C25H23F2N5O/c26-20-11-17(12-21(27)13-20)15-31(22-7-5-18(6-8-22)19-9-10-28-14-19)25(33)16-32-24-4-2-1-3-23(24)29-30-32/h1-8,11-13,19,28H,9-10,14-16H2. The molecule has 2 heterocycles. The van der Waals surface area contributed by atoms with Gasteiger partial charge in [-0.25, -0.2) is 13.5 Å². The van der Waals surface area contributed by atoms with Crippen LogP contribution in [0.2, 0.25) is 0 Å². The zero-order chi connectivity index (χ0) is 22.8. The minimum absolute atomic E-state index is 0.0322. The first-order chi connectivity index (χ1) is 16.1. The molecule has 168 valence electrons. The minimum atomic E-state index is -0.677. The molecule has 0 aliphatic carbocycles. The minimum Gasteiger partial charge on any atom is -0.316 e. The van der Waals surface area contributed by atoms with Crippen molar-refractivity contribution in [2.75, 3.05) is 18.0 Å². The molecule has 0 radical (unpaired) electrons. The van der Waals surface area contributed by atoms with Crippen LogP contribution < -0.4 is 10.2 Å². The van der Waals surface area contributed by atoms with Crippen LogP contribution in [-0.4, -0.2) is 34.0 Å². The number of amides is 1. The first kappa shape index (κ1) is 21.2. The molecule has 0 saturated carbocycles. The van der Waals surface area contributed by atoms with Crippen molar-refractivity contribution in [1.29, 1.82) is 0 Å². The lowest BCUT2D eigenvalue weighted by Crippen LogP contribution is -2.33. The zero-order valence-electron chi connectivity index (χ0n) is 17.9. The fourth-order valence-corrected chi connectivity index (χ4v) is 4.32. The third-order valence-electron chi connectivity index (χ3n) is 6.01. The largest absolute Gasteiger partial charge is 0.316 e. The number of aromatic nitrogens is 3. The average molecular weight is 447 g/mol. The van der Waals surface area contributed by atoms with E-state index in [0.717, 1.165) is 31.1 Å². The van der Waals surface area contributed by atoms with Gasteiger partial charge in [-0.2, -0.15) is 0 Å². The molecule has 0 spiro atoms. The fraction of sp³-hybridized carbons (Fsp3) is 0.240. The number of para-hydroxylation sites is 1. The molecule has 8 heteroatoms. The summed E-state index contributed by atoms with van der Waals surface area (Å²) in [6, 6.07) is 18.5. The number of fused-ring (bicyclic) bond motifs is 1. The first-order valence-electron chi connectivity index (χ1n) is 10.9. The van der Waals surface area contributed by atoms with Crippen molar-refractivity contribution in [2.45, 2.75) is 25.4 Å². The van der Waals surface area contributed by atoms with Gasteiger partial charge in [-0.1, -0.05) is 29.5 Å². The van der Waals surface area contributed by atoms with Crippen LogP contribution in [0.15, 0.2) is 66.7 Å². The summed E-state index contributed by atoms with van der Waals surface area (Å²) in [6.45, 7) is 1.91. The van der Waals surface area contributed by atoms with E-state index in [1.807, 2.05) is 48.5 Å². The summed E-state index contributed by atoms with van der Waals surface area (Å²) in [5.74, 6) is -1.17. The number of halogens is 2. The molecule has 1 fully saturated rings. The van der Waals surface area contributed by atoms with Gasteiger partial charge in [-0.3, -0.25) is 4.79 Å². The second kappa shape index (κ2) is 9.07. The molecule has 1 aliphatic rings. The molecule has 1 atom stereocenters. The maximum absolute atomic E-state index is 13.8. The molecule has 1 unspecified atom stereocenters. The van der Waals surface area contributed by atoms with Crippen LogP contribution in [-0.2, 0) is 17.9 Å². The predicted molar refractivity (Wildman–Crippen MR) is 122 cm³/mol. The Bertz CT molecular complexity index is 1260. The Morgan fingerprint density at radius 3 is 2.55 bits per heavy atom. The van der Waals surface area contributed by atoms with Crippen molar-refractivity contribution in [3.05, 3.63) is 89.5 Å². The summed E-state index contributed by atoms with van der Waals surface area (Å²) in [6.07, 6.45) is 1.07. The third-order valence-corrected chi connectivity index (χ3v) is 6.01. The summed E-state index contributed by atoms with van der Waals surface area (Å²) in [7, 11) is 0. The van der Waals surface area contributed by atoms with E-state index in [2.05, 4.69) is 15.6 Å². The molecule has 1 saturated heterocycles. The van der Waals surface area contributed by atoms with E-state index in [0.29, 0.717) is 22.7 Å². The van der Waals surface area contributed by atoms with Gasteiger partial charge in [0.2, 0.25) is 5.91 Å². The van der Waals surface area contributed by atoms with Crippen LogP contribution in [0.3, 0.4) is 0 Å². The highest BCUT2D eigenvalue weighted by Gasteiger charge is 2.21. The number of anilines is 1. The van der Waals surface area contributed by atoms with Gasteiger partial charge in [0.15, 0.2) is 0 Å². The Balaban J connectivity index is 1.45. The smallest absolute Gasteiger partial charge is 0.249 e. The van der Waals surface area contributed by atoms with Crippen molar-refractivity contribution in [2.24, 2.45) is 0 Å². The third kappa shape index (κ3) is 4.61. The zero-order valence-corrected chi connectivity index (χ0v) is 17.9. The van der Waals surface area contributed by atoms with Gasteiger partial charge in [-0.05, 0) is 66.4 Å². The molecule has 6 nitrogen and oxygen atoms in total. The van der Waals surface area contributed by atoms with Crippen LogP contribution in [0.25, 0.3) is 11.0 Å². The lowest BCUT2D eigenvalue weighted by atomic mass is 9.98. The first-order valence-corrected chi connectivity index (χ1v) is 10.9. The summed E-state index contributed by atoms with van der Waals surface area (Å²) in [5.41, 5.74) is 3.66. The normalized spacial score (nSPS) is 15.8. The van der Waals surface area contributed by atoms with Crippen LogP contribution in [0.4, 0.5) is 14.5 Å². The number of hydrogen-bond donors (Lipinski definition) is 1. The quantitative estimate of drug-likeness (QED) is 0.485. The summed E-state index contributed by atoms with van der Waals surface area (Å²) >= 11 is 0. The molecule has 5 rings (SSSR count). The number of carbonyl (C=O) groups excluding carboxylic acids is 1. The van der Waals surface area contributed by atoms with Gasteiger partial charge in [0, 0.05) is 18.3 Å². The molecule has 3 aromatic carbocycles. The molecule has 1 aromatic heterocycles. The van der Waals surface area contributed by atoms with Crippen LogP contribution in [0.5, 0.6) is 0 Å². The maximum Gasteiger partial charge on any atom is 0.249 e. The number of nitrogens with zero attached hydrogens (tertiary/aromatic N) is 4. The second-order valence-electron chi connectivity index (χ2n) is 8.27. The summed E-state index contributed by atoms with van der Waals surface area (Å²) < 4.78 is 29.2. The fourth-order valence-electron chi connectivity index (χ4n) is 4.32. The molecule has 4 aromatic rings. The van der Waals surface area contributed by atoms with Crippen LogP contribution in [0.1, 0.15) is 23.5 Å². The number of rotatable bonds is 6. The monoisotopic (exact) mass is 447 g/mol. The van der Waals surface area contributed by atoms with Gasteiger partial charge < -0.3 is 10.2 Å². The lowest BCUT2D eigenvalue weighted by Gasteiger charge is -2.24. The number of benzene rings is 3. The van der Waals surface area contributed by atoms with E-state index < -0.39 is 11.6 Å². The number of hydrogen-bond acceptors (Lipinski definition) is 4. The number of carbonyl (C=O) groups is 1. The van der Waals surface area contributed by atoms with Crippen LogP contribution in [0, 0.1) is 11.6 Å². The Hall–Kier alpha value is -3.65. The highest BCUT2D eigenvalue weighted by atomic mass is 19.1. The van der Waals surface area contributed by atoms with E-state index in [-0.39, 0.29) is 19.0 Å². The average Bonchev–Trinajstić information content (AvgIpc) is 3.48. The Morgan fingerprint density at radius 1 is 1.06 bits per heavy atom. The highest BCUT2D eigenvalue weighted by Crippen LogP contribution is 2.26. The van der Waals surface area contributed by atoms with Gasteiger partial charge in [-0.15, -0.1) is 5.10 Å². The Kier molecular flexibility index (Phi) is 5.83. The van der Waals surface area contributed by atoms with E-state index in [1.165, 1.54) is 27.3 Å². The molecular formula is C25H23F2N5O. The molecule has 1 amide bonds. The van der Waals surface area contributed by atoms with Gasteiger partial charge in [0.25, 0.3) is 0 Å². The van der Waals surface area contributed by atoms with Gasteiger partial charge in [0.1, 0.15) is 23.7 Å². The van der Waals surface area contributed by atoms with Crippen LogP contribution >= 0.6 is 0 Å². The lowest BCUT2D eigenvalue weighted by molar-refractivity contribution is -0.119. The Labute approximate surface area is 189 Å². The van der Waals surface area contributed by atoms with Crippen molar-refractivity contribution < 1.29 is 13.6 Å². The molecule has 0 bridgehead atoms. The number of nitrogens with one attached hydrogen (secondary N) is 1. The molecule has 1 N–H and O–H groups in total. The SMILES string of the molecule is O=C(Cn1nnc2ccccc21)N(Cc1cc(F)cc(F)c1)c1ccc(C2CCNC2)cc1. The summed E-state index contributed by atoms with van der Waals surface area (Å²) in [4.78, 5) is 14.9. The van der Waals surface area contributed by atoms with Crippen molar-refractivity contribution in [3.63, 3.8) is 0 Å². The van der Waals surface area contributed by atoms with E-state index in [9.17, 15) is 13.6 Å². The topological polar surface area (TPSA) is 63.1 Å². The van der Waals surface area contributed by atoms with Gasteiger partial charge >= 0.3 is 0 Å². The summed E-state index contributed by atoms with van der Waals surface area (Å²) in [5, 5.41) is 11.6. The van der Waals surface area contributed by atoms with Gasteiger partial charge in [0.05, 0.1) is 12.1 Å². The van der Waals surface area contributed by atoms with Crippen molar-refractivity contribution >= 4 is 22.6 Å². The maximum atomic E-state index is 13.8. The van der Waals surface area contributed by atoms with E-state index >= 15 is 0 Å². The Morgan fingerprint density at radius 2 is 1.82 bits per heavy atom. The highest BCUT2D eigenvalue weighted by molar-refractivity contribution is 5.93. The van der Waals surface area contributed by atoms with Crippen molar-refractivity contribution in [3.8, 4) is 0 Å². The second-order valence-corrected chi connectivity index (χ2v) is 8.27. The van der Waals surface area contributed by atoms with Crippen molar-refractivity contribution in [1.82, 2.24) is 20.3 Å². The molecule has 33 heavy (non-hydrogen) atoms. The molecule has 1 aliphatic heterocycles. The van der Waals surface area contributed by atoms with E-state index in [1.54, 1.807) is 0 Å². The van der Waals surface area contributed by atoms with E-state index in [4.69, 9.17) is 0 Å². The molecular weight excluding hydrogens is 424 g/mol. The predicted octanol–water partition coefficient (Wildman–Crippen LogP) is 4.02.